The van der Waals surface area contributed by atoms with E-state index in [0.717, 1.165) is 68.6 Å². The van der Waals surface area contributed by atoms with Crippen LogP contribution in [0.15, 0.2) is 11.3 Å². The molecule has 3 rings (SSSR count). The Morgan fingerprint density at radius 1 is 1.29 bits per heavy atom. The number of nitrogens with one attached hydrogen (secondary N) is 2. The highest BCUT2D eigenvalue weighted by atomic mass is 127. The molecule has 0 atom stereocenters. The summed E-state index contributed by atoms with van der Waals surface area (Å²) >= 11 is 1.95. The molecule has 1 aliphatic heterocycles. The predicted octanol–water partition coefficient (Wildman–Crippen LogP) is 1.62. The maximum Gasteiger partial charge on any atom is 0.225 e. The average Bonchev–Trinajstić information content (AvgIpc) is 3.12. The molecule has 10 heteroatoms. The van der Waals surface area contributed by atoms with Crippen molar-refractivity contribution in [2.45, 2.75) is 45.2 Å². The van der Waals surface area contributed by atoms with Gasteiger partial charge in [-0.05, 0) is 32.6 Å². The lowest BCUT2D eigenvalue weighted by Crippen LogP contribution is -2.47. The van der Waals surface area contributed by atoms with Crippen LogP contribution in [-0.2, 0) is 18.4 Å². The average molecular weight is 521 g/mol. The number of hydrogen-bond acceptors (Lipinski definition) is 5. The van der Waals surface area contributed by atoms with Crippen LogP contribution in [0.1, 0.15) is 38.4 Å². The second-order valence-electron chi connectivity index (χ2n) is 7.13. The zero-order valence-corrected chi connectivity index (χ0v) is 19.9. The van der Waals surface area contributed by atoms with Crippen molar-refractivity contribution in [1.29, 1.82) is 0 Å². The number of aliphatic imine (C=N–C) groups is 1. The number of aromatic nitrogens is 3. The number of halogens is 1. The molecule has 0 radical (unpaired) electrons. The van der Waals surface area contributed by atoms with Crippen LogP contribution in [0.25, 0.3) is 0 Å². The predicted molar refractivity (Wildman–Crippen MR) is 124 cm³/mol. The van der Waals surface area contributed by atoms with Gasteiger partial charge >= 0.3 is 0 Å². The fourth-order valence-electron chi connectivity index (χ4n) is 3.65. The van der Waals surface area contributed by atoms with Crippen molar-refractivity contribution in [3.05, 3.63) is 12.2 Å². The number of thioether (sulfide) groups is 1. The molecule has 1 saturated heterocycles. The minimum Gasteiger partial charge on any atom is -0.357 e. The highest BCUT2D eigenvalue weighted by molar-refractivity contribution is 14.0. The standard InChI is InChI=1S/C18H31N7OS.HI/c1-3-19-18(20-12-16-21-13-22-24(16)2)23-15-6-4-14(5-7-15)17(26)25-8-10-27-11-9-25;/h13-15H,3-12H2,1-2H3,(H2,19,20,23);1H. The molecule has 1 amide bonds. The number of aryl methyl sites for hydroxylation is 1. The topological polar surface area (TPSA) is 87.4 Å². The lowest BCUT2D eigenvalue weighted by molar-refractivity contribution is -0.136. The lowest BCUT2D eigenvalue weighted by atomic mass is 9.85. The van der Waals surface area contributed by atoms with E-state index in [-0.39, 0.29) is 29.9 Å². The van der Waals surface area contributed by atoms with Gasteiger partial charge in [-0.1, -0.05) is 0 Å². The van der Waals surface area contributed by atoms with E-state index < -0.39 is 0 Å². The second-order valence-corrected chi connectivity index (χ2v) is 8.35. The Kier molecular flexibility index (Phi) is 9.83. The summed E-state index contributed by atoms with van der Waals surface area (Å²) in [6, 6.07) is 0.364. The van der Waals surface area contributed by atoms with Gasteiger partial charge in [0.15, 0.2) is 5.96 Å². The molecule has 28 heavy (non-hydrogen) atoms. The normalized spacial score (nSPS) is 23.1. The van der Waals surface area contributed by atoms with Crippen molar-refractivity contribution in [3.63, 3.8) is 0 Å². The van der Waals surface area contributed by atoms with Crippen molar-refractivity contribution in [1.82, 2.24) is 30.3 Å². The number of guanidine groups is 1. The summed E-state index contributed by atoms with van der Waals surface area (Å²) in [5.41, 5.74) is 0. The third-order valence-electron chi connectivity index (χ3n) is 5.27. The zero-order valence-electron chi connectivity index (χ0n) is 16.8. The van der Waals surface area contributed by atoms with Crippen molar-refractivity contribution >= 4 is 47.6 Å². The minimum atomic E-state index is 0. The van der Waals surface area contributed by atoms with Gasteiger partial charge in [0.05, 0.1) is 0 Å². The van der Waals surface area contributed by atoms with Crippen molar-refractivity contribution in [2.75, 3.05) is 31.1 Å². The van der Waals surface area contributed by atoms with E-state index in [1.807, 2.05) is 18.8 Å². The molecule has 2 fully saturated rings. The molecule has 0 bridgehead atoms. The Morgan fingerprint density at radius 2 is 2.00 bits per heavy atom. The molecule has 158 valence electrons. The molecule has 1 aromatic rings. The molecule has 0 spiro atoms. The number of hydrogen-bond donors (Lipinski definition) is 2. The summed E-state index contributed by atoms with van der Waals surface area (Å²) < 4.78 is 1.74. The maximum absolute atomic E-state index is 12.7. The number of carbonyl (C=O) groups is 1. The van der Waals surface area contributed by atoms with E-state index in [0.29, 0.717) is 18.5 Å². The van der Waals surface area contributed by atoms with Crippen LogP contribution < -0.4 is 10.6 Å². The van der Waals surface area contributed by atoms with Crippen LogP contribution >= 0.6 is 35.7 Å². The summed E-state index contributed by atoms with van der Waals surface area (Å²) in [5.74, 6) is 4.37. The van der Waals surface area contributed by atoms with Crippen LogP contribution in [0, 0.1) is 5.92 Å². The second kappa shape index (κ2) is 11.8. The Labute approximate surface area is 188 Å². The molecule has 2 N–H and O–H groups in total. The fourth-order valence-corrected chi connectivity index (χ4v) is 4.56. The Balaban J connectivity index is 0.00000280. The Bertz CT molecular complexity index is 640. The van der Waals surface area contributed by atoms with Gasteiger partial charge in [0.1, 0.15) is 18.7 Å². The molecule has 2 heterocycles. The molecule has 1 aliphatic carbocycles. The van der Waals surface area contributed by atoms with Crippen LogP contribution in [0.4, 0.5) is 0 Å². The monoisotopic (exact) mass is 521 g/mol. The molecule has 8 nitrogen and oxygen atoms in total. The highest BCUT2D eigenvalue weighted by Gasteiger charge is 2.30. The van der Waals surface area contributed by atoms with Gasteiger partial charge in [0.2, 0.25) is 5.91 Å². The quantitative estimate of drug-likeness (QED) is 0.348. The molecule has 2 aliphatic rings. The first-order valence-corrected chi connectivity index (χ1v) is 11.1. The Morgan fingerprint density at radius 3 is 2.61 bits per heavy atom. The summed E-state index contributed by atoms with van der Waals surface area (Å²) in [5, 5.41) is 10.9. The third-order valence-corrected chi connectivity index (χ3v) is 6.21. The number of carbonyl (C=O) groups excluding carboxylic acids is 1. The summed E-state index contributed by atoms with van der Waals surface area (Å²) in [7, 11) is 1.87. The lowest BCUT2D eigenvalue weighted by Gasteiger charge is -2.34. The van der Waals surface area contributed by atoms with Gasteiger partial charge in [-0.3, -0.25) is 9.48 Å². The smallest absolute Gasteiger partial charge is 0.225 e. The van der Waals surface area contributed by atoms with Crippen LogP contribution in [0.2, 0.25) is 0 Å². The van der Waals surface area contributed by atoms with Gasteiger partial charge in [0, 0.05) is 50.1 Å². The van der Waals surface area contributed by atoms with Gasteiger partial charge in [-0.15, -0.1) is 24.0 Å². The summed E-state index contributed by atoms with van der Waals surface area (Å²) in [4.78, 5) is 23.6. The van der Waals surface area contributed by atoms with E-state index in [2.05, 4.69) is 37.5 Å². The van der Waals surface area contributed by atoms with E-state index >= 15 is 0 Å². The summed E-state index contributed by atoms with van der Waals surface area (Å²) in [6.07, 6.45) is 5.48. The summed E-state index contributed by atoms with van der Waals surface area (Å²) in [6.45, 7) is 5.20. The van der Waals surface area contributed by atoms with E-state index in [4.69, 9.17) is 0 Å². The molecular weight excluding hydrogens is 489 g/mol. The van der Waals surface area contributed by atoms with E-state index in [9.17, 15) is 4.79 Å². The number of rotatable bonds is 5. The third kappa shape index (κ3) is 6.50. The first-order valence-electron chi connectivity index (χ1n) is 9.91. The zero-order chi connectivity index (χ0) is 19.1. The number of amides is 1. The van der Waals surface area contributed by atoms with Crippen molar-refractivity contribution in [3.8, 4) is 0 Å². The largest absolute Gasteiger partial charge is 0.357 e. The molecule has 0 unspecified atom stereocenters. The first-order chi connectivity index (χ1) is 13.2. The fraction of sp³-hybridized carbons (Fsp3) is 0.778. The minimum absolute atomic E-state index is 0. The number of nitrogens with zero attached hydrogens (tertiary/aromatic N) is 5. The van der Waals surface area contributed by atoms with Crippen LogP contribution in [0.3, 0.4) is 0 Å². The van der Waals surface area contributed by atoms with Crippen LogP contribution in [0.5, 0.6) is 0 Å². The van der Waals surface area contributed by atoms with E-state index in [1.54, 1.807) is 11.0 Å². The van der Waals surface area contributed by atoms with Gasteiger partial charge in [-0.2, -0.15) is 16.9 Å². The van der Waals surface area contributed by atoms with E-state index in [1.165, 1.54) is 0 Å². The SMILES string of the molecule is CCNC(=NCc1ncnn1C)NC1CCC(C(=O)N2CCSCC2)CC1.I. The van der Waals surface area contributed by atoms with Crippen molar-refractivity contribution in [2.24, 2.45) is 18.0 Å². The molecular formula is C18H32IN7OS. The molecule has 1 saturated carbocycles. The Hall–Kier alpha value is -1.04. The molecule has 0 aromatic carbocycles. The van der Waals surface area contributed by atoms with Gasteiger partial charge in [-0.25, -0.2) is 9.98 Å². The highest BCUT2D eigenvalue weighted by Crippen LogP contribution is 2.27. The first kappa shape index (κ1) is 23.2. The van der Waals surface area contributed by atoms with Crippen molar-refractivity contribution < 1.29 is 4.79 Å². The van der Waals surface area contributed by atoms with Gasteiger partial charge in [0.25, 0.3) is 0 Å². The van der Waals surface area contributed by atoms with Crippen LogP contribution in [-0.4, -0.2) is 68.7 Å². The van der Waals surface area contributed by atoms with Gasteiger partial charge < -0.3 is 15.5 Å². The molecule has 1 aromatic heterocycles. The maximum atomic E-state index is 12.7.